The fourth-order valence-corrected chi connectivity index (χ4v) is 4.21. The van der Waals surface area contributed by atoms with Gasteiger partial charge in [0.1, 0.15) is 18.3 Å². The zero-order chi connectivity index (χ0) is 22.2. The number of nitrogens with zero attached hydrogens (tertiary/aromatic N) is 3. The van der Waals surface area contributed by atoms with Crippen LogP contribution in [0.2, 0.25) is 25.7 Å². The van der Waals surface area contributed by atoms with Gasteiger partial charge in [-0.25, -0.2) is 0 Å². The predicted octanol–water partition coefficient (Wildman–Crippen LogP) is 2.02. The summed E-state index contributed by atoms with van der Waals surface area (Å²) in [6.07, 6.45) is -0.0639. The number of imide groups is 2. The van der Waals surface area contributed by atoms with Crippen molar-refractivity contribution < 1.29 is 28.8 Å². The average Bonchev–Trinajstić information content (AvgIpc) is 2.91. The van der Waals surface area contributed by atoms with Gasteiger partial charge >= 0.3 is 0 Å². The molecule has 3 rings (SSSR count). The van der Waals surface area contributed by atoms with E-state index in [0.717, 1.165) is 21.9 Å². The third-order valence-corrected chi connectivity index (χ3v) is 6.84. The van der Waals surface area contributed by atoms with Gasteiger partial charge in [-0.05, 0) is 18.5 Å². The highest BCUT2D eigenvalue weighted by atomic mass is 28.3. The number of likely N-dealkylation sites (tertiary alicyclic amines) is 1. The minimum Gasteiger partial charge on any atom is -0.361 e. The maximum atomic E-state index is 12.9. The van der Waals surface area contributed by atoms with Gasteiger partial charge in [0.25, 0.3) is 23.4 Å². The first-order chi connectivity index (χ1) is 14.0. The minimum absolute atomic E-state index is 0.0255. The number of hydrogen-bond donors (Lipinski definition) is 0. The third kappa shape index (κ3) is 4.03. The SMILES string of the molecule is C[Si](C)(C)CCOCN1C(=O)CCC(N2C(=O)c3cccc([N+](=O)[O-])c3C2=O)C1=O. The molecule has 30 heavy (non-hydrogen) atoms. The highest BCUT2D eigenvalue weighted by Crippen LogP contribution is 2.34. The molecular weight excluding hydrogens is 410 g/mol. The van der Waals surface area contributed by atoms with Crippen LogP contribution < -0.4 is 0 Å². The van der Waals surface area contributed by atoms with Gasteiger partial charge in [-0.3, -0.25) is 39.1 Å². The van der Waals surface area contributed by atoms with Crippen molar-refractivity contribution in [1.82, 2.24) is 9.80 Å². The van der Waals surface area contributed by atoms with Gasteiger partial charge in [0, 0.05) is 27.2 Å². The molecule has 0 N–H and O–H groups in total. The van der Waals surface area contributed by atoms with Crippen molar-refractivity contribution in [2.75, 3.05) is 13.3 Å². The van der Waals surface area contributed by atoms with Crippen molar-refractivity contribution in [3.63, 3.8) is 0 Å². The molecule has 1 aromatic rings. The number of amides is 4. The molecule has 10 nitrogen and oxygen atoms in total. The molecule has 0 saturated carbocycles. The molecule has 160 valence electrons. The molecule has 2 aliphatic rings. The molecule has 11 heteroatoms. The Morgan fingerprint density at radius 2 is 1.87 bits per heavy atom. The van der Waals surface area contributed by atoms with Gasteiger partial charge < -0.3 is 4.74 Å². The predicted molar refractivity (Wildman–Crippen MR) is 107 cm³/mol. The van der Waals surface area contributed by atoms with Gasteiger partial charge in [-0.2, -0.15) is 0 Å². The van der Waals surface area contributed by atoms with Crippen molar-refractivity contribution in [1.29, 1.82) is 0 Å². The Balaban J connectivity index is 1.79. The Morgan fingerprint density at radius 3 is 2.50 bits per heavy atom. The molecule has 4 amide bonds. The second-order valence-electron chi connectivity index (χ2n) is 8.50. The van der Waals surface area contributed by atoms with Crippen LogP contribution in [0.15, 0.2) is 18.2 Å². The summed E-state index contributed by atoms with van der Waals surface area (Å²) in [5.74, 6) is -2.82. The molecule has 0 aliphatic carbocycles. The van der Waals surface area contributed by atoms with Gasteiger partial charge in [0.05, 0.1) is 10.5 Å². The first kappa shape index (κ1) is 21.8. The molecule has 1 saturated heterocycles. The van der Waals surface area contributed by atoms with E-state index >= 15 is 0 Å². The average molecular weight is 433 g/mol. The maximum Gasteiger partial charge on any atom is 0.282 e. The first-order valence-electron chi connectivity index (χ1n) is 9.60. The quantitative estimate of drug-likeness (QED) is 0.212. The van der Waals surface area contributed by atoms with Crippen molar-refractivity contribution in [2.45, 2.75) is 44.6 Å². The Morgan fingerprint density at radius 1 is 1.17 bits per heavy atom. The second kappa shape index (κ2) is 8.07. The molecule has 2 aliphatic heterocycles. The lowest BCUT2D eigenvalue weighted by Gasteiger charge is -2.34. The lowest BCUT2D eigenvalue weighted by atomic mass is 10.0. The molecule has 1 atom stereocenters. The van der Waals surface area contributed by atoms with E-state index in [4.69, 9.17) is 4.74 Å². The number of hydrogen-bond acceptors (Lipinski definition) is 7. The number of fused-ring (bicyclic) bond motifs is 1. The third-order valence-electron chi connectivity index (χ3n) is 5.13. The zero-order valence-electron chi connectivity index (χ0n) is 17.0. The van der Waals surface area contributed by atoms with Gasteiger partial charge in [0.15, 0.2) is 0 Å². The van der Waals surface area contributed by atoms with Crippen molar-refractivity contribution in [3.8, 4) is 0 Å². The fourth-order valence-electron chi connectivity index (χ4n) is 3.45. The summed E-state index contributed by atoms with van der Waals surface area (Å²) in [4.78, 5) is 63.0. The largest absolute Gasteiger partial charge is 0.361 e. The van der Waals surface area contributed by atoms with E-state index in [-0.39, 0.29) is 30.7 Å². The van der Waals surface area contributed by atoms with Crippen molar-refractivity contribution in [3.05, 3.63) is 39.4 Å². The van der Waals surface area contributed by atoms with Crippen LogP contribution in [0.1, 0.15) is 33.6 Å². The first-order valence-corrected chi connectivity index (χ1v) is 13.3. The molecule has 2 heterocycles. The molecule has 1 unspecified atom stereocenters. The summed E-state index contributed by atoms with van der Waals surface area (Å²) in [5, 5.41) is 11.3. The van der Waals surface area contributed by atoms with E-state index in [0.29, 0.717) is 6.61 Å². The Hall–Kier alpha value is -2.92. The van der Waals surface area contributed by atoms with Crippen molar-refractivity contribution in [2.24, 2.45) is 0 Å². The maximum absolute atomic E-state index is 12.9. The molecular formula is C19H23N3O7Si. The lowest BCUT2D eigenvalue weighted by Crippen LogP contribution is -2.56. The lowest BCUT2D eigenvalue weighted by molar-refractivity contribution is -0.385. The van der Waals surface area contributed by atoms with Crippen LogP contribution in [0.3, 0.4) is 0 Å². The van der Waals surface area contributed by atoms with Gasteiger partial charge in [0.2, 0.25) is 5.91 Å². The van der Waals surface area contributed by atoms with Crippen LogP contribution in [0, 0.1) is 10.1 Å². The van der Waals surface area contributed by atoms with E-state index in [1.807, 2.05) is 0 Å². The van der Waals surface area contributed by atoms with Crippen LogP contribution in [0.25, 0.3) is 0 Å². The van der Waals surface area contributed by atoms with Crippen LogP contribution in [0.5, 0.6) is 0 Å². The van der Waals surface area contributed by atoms with Crippen LogP contribution >= 0.6 is 0 Å². The summed E-state index contributed by atoms with van der Waals surface area (Å²) in [6.45, 7) is 6.67. The molecule has 0 radical (unpaired) electrons. The number of rotatable bonds is 7. The standard InChI is InChI=1S/C19H23N3O7Si/c1-30(2,3)10-9-29-11-20-15(23)8-7-14(18(20)25)21-17(24)12-5-4-6-13(22(27)28)16(12)19(21)26/h4-6,14H,7-11H2,1-3H3. The topological polar surface area (TPSA) is 127 Å². The summed E-state index contributed by atoms with van der Waals surface area (Å²) in [5.41, 5.74) is -0.925. The summed E-state index contributed by atoms with van der Waals surface area (Å²) >= 11 is 0. The Kier molecular flexibility index (Phi) is 5.86. The number of carbonyl (C=O) groups excluding carboxylic acids is 4. The van der Waals surface area contributed by atoms with E-state index in [1.54, 1.807) is 0 Å². The fraction of sp³-hybridized carbons (Fsp3) is 0.474. The Labute approximate surface area is 173 Å². The van der Waals surface area contributed by atoms with E-state index < -0.39 is 48.4 Å². The number of ether oxygens (including phenoxy) is 1. The van der Waals surface area contributed by atoms with Crippen LogP contribution in [0.4, 0.5) is 5.69 Å². The van der Waals surface area contributed by atoms with E-state index in [2.05, 4.69) is 19.6 Å². The number of carbonyl (C=O) groups is 4. The Bertz CT molecular complexity index is 941. The van der Waals surface area contributed by atoms with Crippen LogP contribution in [-0.4, -0.2) is 65.8 Å². The highest BCUT2D eigenvalue weighted by Gasteiger charge is 2.49. The monoisotopic (exact) mass is 433 g/mol. The molecule has 0 bridgehead atoms. The highest BCUT2D eigenvalue weighted by molar-refractivity contribution is 6.76. The zero-order valence-corrected chi connectivity index (χ0v) is 18.0. The molecule has 0 spiro atoms. The van der Waals surface area contributed by atoms with Crippen molar-refractivity contribution >= 4 is 37.4 Å². The molecule has 1 fully saturated rings. The van der Waals surface area contributed by atoms with E-state index in [1.165, 1.54) is 12.1 Å². The molecule has 0 aromatic heterocycles. The minimum atomic E-state index is -1.35. The summed E-state index contributed by atoms with van der Waals surface area (Å²) in [7, 11) is -1.35. The van der Waals surface area contributed by atoms with E-state index in [9.17, 15) is 29.3 Å². The normalized spacial score (nSPS) is 19.5. The van der Waals surface area contributed by atoms with Gasteiger partial charge in [-0.1, -0.05) is 25.7 Å². The smallest absolute Gasteiger partial charge is 0.282 e. The number of nitro benzene ring substituents is 1. The van der Waals surface area contributed by atoms with Crippen LogP contribution in [-0.2, 0) is 14.3 Å². The molecule has 1 aromatic carbocycles. The summed E-state index contributed by atoms with van der Waals surface area (Å²) in [6, 6.07) is 3.43. The van der Waals surface area contributed by atoms with Gasteiger partial charge in [-0.15, -0.1) is 0 Å². The second-order valence-corrected chi connectivity index (χ2v) is 14.1. The number of benzene rings is 1. The number of nitro groups is 1. The number of piperidine rings is 1. The summed E-state index contributed by atoms with van der Waals surface area (Å²) < 4.78 is 5.51.